The summed E-state index contributed by atoms with van der Waals surface area (Å²) < 4.78 is 0. The molecule has 16 heavy (non-hydrogen) atoms. The Hall–Kier alpha value is -0.340. The molecule has 0 amide bonds. The van der Waals surface area contributed by atoms with Gasteiger partial charge in [0.1, 0.15) is 0 Å². The van der Waals surface area contributed by atoms with Crippen LogP contribution >= 0.6 is 11.3 Å². The molecule has 0 fully saturated rings. The van der Waals surface area contributed by atoms with E-state index in [-0.39, 0.29) is 0 Å². The number of hydrogen-bond acceptors (Lipinski definition) is 2. The highest BCUT2D eigenvalue weighted by Crippen LogP contribution is 2.32. The largest absolute Gasteiger partial charge is 0.309 e. The highest BCUT2D eigenvalue weighted by molar-refractivity contribution is 7.12. The summed E-state index contributed by atoms with van der Waals surface area (Å²) in [6, 6.07) is 2.99. The topological polar surface area (TPSA) is 12.0 Å². The monoisotopic (exact) mass is 237 g/mol. The predicted octanol–water partition coefficient (Wildman–Crippen LogP) is 4.08. The van der Waals surface area contributed by atoms with Gasteiger partial charge in [-0.3, -0.25) is 0 Å². The molecule has 1 aromatic heterocycles. The Bertz CT molecular complexity index is 306. The van der Waals surface area contributed by atoms with Crippen LogP contribution in [0.4, 0.5) is 0 Å². The molecule has 0 radical (unpaired) electrons. The molecule has 0 aromatic carbocycles. The van der Waals surface area contributed by atoms with E-state index in [1.165, 1.54) is 38.5 Å². The Morgan fingerprint density at radius 3 is 2.94 bits per heavy atom. The lowest BCUT2D eigenvalue weighted by Gasteiger charge is -2.11. The summed E-state index contributed by atoms with van der Waals surface area (Å²) >= 11 is 2.04. The van der Waals surface area contributed by atoms with Crippen molar-refractivity contribution >= 4 is 11.3 Å². The zero-order valence-corrected chi connectivity index (χ0v) is 11.3. The number of hydrogen-bond donors (Lipinski definition) is 1. The van der Waals surface area contributed by atoms with E-state index in [1.807, 2.05) is 11.3 Å². The maximum atomic E-state index is 3.62. The maximum Gasteiger partial charge on any atom is 0.0386 e. The lowest BCUT2D eigenvalue weighted by Crippen LogP contribution is -2.18. The molecule has 2 rings (SSSR count). The second-order valence-corrected chi connectivity index (χ2v) is 6.00. The van der Waals surface area contributed by atoms with Crippen LogP contribution in [0.3, 0.4) is 0 Å². The van der Waals surface area contributed by atoms with Gasteiger partial charge in [0, 0.05) is 15.8 Å². The van der Waals surface area contributed by atoms with E-state index < -0.39 is 0 Å². The summed E-state index contributed by atoms with van der Waals surface area (Å²) in [5, 5.41) is 3.62. The average Bonchev–Trinajstić information content (AvgIpc) is 2.73. The Morgan fingerprint density at radius 1 is 1.38 bits per heavy atom. The van der Waals surface area contributed by atoms with Gasteiger partial charge in [-0.05, 0) is 57.2 Å². The minimum atomic E-state index is 0.544. The summed E-state index contributed by atoms with van der Waals surface area (Å²) in [4.78, 5) is 3.20. The standard InChI is InChI=1S/C14H23NS/c1-3-4-9-15-11(2)14-10-12-7-5-6-8-13(12)16-14/h10-11,15H,3-9H2,1-2H3. The van der Waals surface area contributed by atoms with Crippen LogP contribution in [0.2, 0.25) is 0 Å². The fourth-order valence-corrected chi connectivity index (χ4v) is 3.61. The highest BCUT2D eigenvalue weighted by atomic mass is 32.1. The van der Waals surface area contributed by atoms with Crippen molar-refractivity contribution in [1.29, 1.82) is 0 Å². The van der Waals surface area contributed by atoms with E-state index in [0.29, 0.717) is 6.04 Å². The molecular formula is C14H23NS. The third kappa shape index (κ3) is 2.86. The van der Waals surface area contributed by atoms with Gasteiger partial charge in [0.25, 0.3) is 0 Å². The molecule has 0 bridgehead atoms. The van der Waals surface area contributed by atoms with E-state index in [2.05, 4.69) is 25.2 Å². The first-order valence-electron chi connectivity index (χ1n) is 6.66. The fourth-order valence-electron chi connectivity index (χ4n) is 2.32. The van der Waals surface area contributed by atoms with Crippen LogP contribution < -0.4 is 5.32 Å². The minimum absolute atomic E-state index is 0.544. The van der Waals surface area contributed by atoms with Crippen LogP contribution in [-0.4, -0.2) is 6.54 Å². The van der Waals surface area contributed by atoms with Gasteiger partial charge in [-0.25, -0.2) is 0 Å². The van der Waals surface area contributed by atoms with Crippen molar-refractivity contribution in [3.8, 4) is 0 Å². The van der Waals surface area contributed by atoms with Gasteiger partial charge in [-0.2, -0.15) is 0 Å². The van der Waals surface area contributed by atoms with Gasteiger partial charge >= 0.3 is 0 Å². The molecule has 0 saturated heterocycles. The lowest BCUT2D eigenvalue weighted by atomic mass is 9.99. The Labute approximate surface area is 103 Å². The van der Waals surface area contributed by atoms with Crippen molar-refractivity contribution in [3.63, 3.8) is 0 Å². The van der Waals surface area contributed by atoms with Gasteiger partial charge in [0.2, 0.25) is 0 Å². The van der Waals surface area contributed by atoms with Crippen LogP contribution in [0.5, 0.6) is 0 Å². The molecular weight excluding hydrogens is 214 g/mol. The smallest absolute Gasteiger partial charge is 0.0386 e. The summed E-state index contributed by atoms with van der Waals surface area (Å²) in [5.41, 5.74) is 1.63. The third-order valence-corrected chi connectivity index (χ3v) is 4.84. The first kappa shape index (κ1) is 12.1. The first-order valence-corrected chi connectivity index (χ1v) is 7.47. The molecule has 0 spiro atoms. The SMILES string of the molecule is CCCCNC(C)c1cc2c(s1)CCCC2. The van der Waals surface area contributed by atoms with Crippen molar-refractivity contribution in [2.24, 2.45) is 0 Å². The number of fused-ring (bicyclic) bond motifs is 1. The maximum absolute atomic E-state index is 3.62. The van der Waals surface area contributed by atoms with Gasteiger partial charge in [0.15, 0.2) is 0 Å². The van der Waals surface area contributed by atoms with E-state index in [9.17, 15) is 0 Å². The third-order valence-electron chi connectivity index (χ3n) is 3.42. The quantitative estimate of drug-likeness (QED) is 0.761. The van der Waals surface area contributed by atoms with E-state index >= 15 is 0 Å². The fraction of sp³-hybridized carbons (Fsp3) is 0.714. The molecule has 1 heterocycles. The molecule has 0 saturated carbocycles. The highest BCUT2D eigenvalue weighted by Gasteiger charge is 2.15. The average molecular weight is 237 g/mol. The molecule has 1 aliphatic carbocycles. The van der Waals surface area contributed by atoms with E-state index in [1.54, 1.807) is 15.3 Å². The normalized spacial score (nSPS) is 17.1. The zero-order chi connectivity index (χ0) is 11.4. The van der Waals surface area contributed by atoms with Crippen LogP contribution in [0.25, 0.3) is 0 Å². The minimum Gasteiger partial charge on any atom is -0.309 e. The molecule has 1 unspecified atom stereocenters. The molecule has 1 aromatic rings. The van der Waals surface area contributed by atoms with Crippen LogP contribution in [0, 0.1) is 0 Å². The predicted molar refractivity (Wildman–Crippen MR) is 72.3 cm³/mol. The van der Waals surface area contributed by atoms with Crippen LogP contribution in [-0.2, 0) is 12.8 Å². The van der Waals surface area contributed by atoms with Crippen molar-refractivity contribution < 1.29 is 0 Å². The molecule has 90 valence electrons. The van der Waals surface area contributed by atoms with E-state index in [4.69, 9.17) is 0 Å². The van der Waals surface area contributed by atoms with Gasteiger partial charge in [-0.1, -0.05) is 13.3 Å². The van der Waals surface area contributed by atoms with Crippen molar-refractivity contribution in [3.05, 3.63) is 21.4 Å². The van der Waals surface area contributed by atoms with Crippen LogP contribution in [0.15, 0.2) is 6.07 Å². The van der Waals surface area contributed by atoms with Gasteiger partial charge in [-0.15, -0.1) is 11.3 Å². The second kappa shape index (κ2) is 5.83. The Balaban J connectivity index is 1.95. The summed E-state index contributed by atoms with van der Waals surface area (Å²) in [5.74, 6) is 0. The number of rotatable bonds is 5. The molecule has 0 aliphatic heterocycles. The van der Waals surface area contributed by atoms with Gasteiger partial charge < -0.3 is 5.32 Å². The Kier molecular flexibility index (Phi) is 4.42. The first-order chi connectivity index (χ1) is 7.81. The lowest BCUT2D eigenvalue weighted by molar-refractivity contribution is 0.561. The van der Waals surface area contributed by atoms with Crippen molar-refractivity contribution in [2.75, 3.05) is 6.54 Å². The molecule has 1 nitrogen and oxygen atoms in total. The number of unbranched alkanes of at least 4 members (excludes halogenated alkanes) is 1. The molecule has 1 aliphatic rings. The molecule has 1 atom stereocenters. The van der Waals surface area contributed by atoms with E-state index in [0.717, 1.165) is 6.54 Å². The van der Waals surface area contributed by atoms with Gasteiger partial charge in [0.05, 0.1) is 0 Å². The van der Waals surface area contributed by atoms with Crippen LogP contribution in [0.1, 0.15) is 60.9 Å². The summed E-state index contributed by atoms with van der Waals surface area (Å²) in [6.07, 6.45) is 7.98. The van der Waals surface area contributed by atoms with Crippen molar-refractivity contribution in [1.82, 2.24) is 5.32 Å². The summed E-state index contributed by atoms with van der Waals surface area (Å²) in [6.45, 7) is 5.70. The zero-order valence-electron chi connectivity index (χ0n) is 10.5. The molecule has 1 N–H and O–H groups in total. The van der Waals surface area contributed by atoms with Crippen molar-refractivity contribution in [2.45, 2.75) is 58.4 Å². The Morgan fingerprint density at radius 2 is 2.19 bits per heavy atom. The number of thiophene rings is 1. The number of nitrogens with one attached hydrogen (secondary N) is 1. The second-order valence-electron chi connectivity index (χ2n) is 4.83. The molecule has 2 heteroatoms. The number of aryl methyl sites for hydroxylation is 2. The summed E-state index contributed by atoms with van der Waals surface area (Å²) in [7, 11) is 0.